The zero-order valence-electron chi connectivity index (χ0n) is 9.32. The Kier molecular flexibility index (Phi) is 3.64. The van der Waals surface area contributed by atoms with Crippen molar-refractivity contribution in [1.82, 2.24) is 0 Å². The van der Waals surface area contributed by atoms with Gasteiger partial charge in [-0.25, -0.2) is 0 Å². The number of carbonyl (C=O) groups is 1. The number of hydrogen-bond acceptors (Lipinski definition) is 2. The molecule has 0 spiro atoms. The lowest BCUT2D eigenvalue weighted by Crippen LogP contribution is -2.12. The first-order valence-corrected chi connectivity index (χ1v) is 5.92. The second-order valence-corrected chi connectivity index (χ2v) is 4.49. The van der Waals surface area contributed by atoms with Gasteiger partial charge in [0.1, 0.15) is 0 Å². The number of carbonyl (C=O) groups excluding carboxylic acids is 1. The van der Waals surface area contributed by atoms with E-state index in [-0.39, 0.29) is 5.78 Å². The van der Waals surface area contributed by atoms with Crippen LogP contribution in [0.15, 0.2) is 41.7 Å². The molecule has 0 radical (unpaired) electrons. The number of rotatable bonds is 1. The number of benzene rings is 1. The summed E-state index contributed by atoms with van der Waals surface area (Å²) in [5.41, 5.74) is 2.20. The molecule has 0 bridgehead atoms. The number of allylic oxidation sites excluding steroid dienone is 2. The van der Waals surface area contributed by atoms with Crippen LogP contribution in [0.4, 0.5) is 0 Å². The highest BCUT2D eigenvalue weighted by atomic mass is 35.5. The van der Waals surface area contributed by atoms with E-state index in [2.05, 4.69) is 0 Å². The van der Waals surface area contributed by atoms with Crippen molar-refractivity contribution >= 4 is 23.5 Å². The van der Waals surface area contributed by atoms with Crippen molar-refractivity contribution in [3.63, 3.8) is 0 Å². The van der Waals surface area contributed by atoms with Crippen molar-refractivity contribution in [2.75, 3.05) is 0 Å². The normalized spacial score (nSPS) is 21.1. The van der Waals surface area contributed by atoms with E-state index in [9.17, 15) is 4.79 Å². The molecule has 2 nitrogen and oxygen atoms in total. The average molecular weight is 249 g/mol. The van der Waals surface area contributed by atoms with Crippen molar-refractivity contribution < 1.29 is 9.90 Å². The van der Waals surface area contributed by atoms with Crippen LogP contribution in [0.5, 0.6) is 0 Å². The quantitative estimate of drug-likeness (QED) is 0.604. The summed E-state index contributed by atoms with van der Waals surface area (Å²) in [5.74, 6) is -0.0475. The fourth-order valence-corrected chi connectivity index (χ4v) is 2.05. The summed E-state index contributed by atoms with van der Waals surface area (Å²) in [6.07, 6.45) is 5.11. The fraction of sp³-hybridized carbons (Fsp3) is 0.214. The summed E-state index contributed by atoms with van der Waals surface area (Å²) in [7, 11) is 0. The van der Waals surface area contributed by atoms with Gasteiger partial charge in [-0.15, -0.1) is 0 Å². The summed E-state index contributed by atoms with van der Waals surface area (Å²) in [6.45, 7) is 0. The molecule has 0 unspecified atom stereocenters. The van der Waals surface area contributed by atoms with Gasteiger partial charge in [-0.05, 0) is 43.0 Å². The second kappa shape index (κ2) is 5.19. The highest BCUT2D eigenvalue weighted by molar-refractivity contribution is 6.30. The minimum atomic E-state index is -0.0475. The summed E-state index contributed by atoms with van der Waals surface area (Å²) in [4.78, 5) is 11.9. The highest BCUT2D eigenvalue weighted by Gasteiger charge is 2.20. The molecule has 3 heteroatoms. The maximum atomic E-state index is 11.9. The minimum absolute atomic E-state index is 0.0475. The molecule has 0 heterocycles. The molecule has 1 aliphatic carbocycles. The maximum Gasteiger partial charge on any atom is 0.188 e. The van der Waals surface area contributed by atoms with E-state index in [1.54, 1.807) is 12.1 Å². The molecule has 1 fully saturated rings. The molecule has 1 saturated carbocycles. The molecule has 88 valence electrons. The van der Waals surface area contributed by atoms with Gasteiger partial charge in [0.25, 0.3) is 0 Å². The Morgan fingerprint density at radius 1 is 1.12 bits per heavy atom. The third kappa shape index (κ3) is 2.77. The lowest BCUT2D eigenvalue weighted by atomic mass is 9.88. The van der Waals surface area contributed by atoms with E-state index >= 15 is 0 Å². The third-order valence-electron chi connectivity index (χ3n) is 2.84. The minimum Gasteiger partial charge on any atom is -0.515 e. The summed E-state index contributed by atoms with van der Waals surface area (Å²) < 4.78 is 0. The van der Waals surface area contributed by atoms with E-state index in [1.165, 1.54) is 0 Å². The lowest BCUT2D eigenvalue weighted by Gasteiger charge is -2.15. The summed E-state index contributed by atoms with van der Waals surface area (Å²) in [5, 5.41) is 9.63. The van der Waals surface area contributed by atoms with E-state index in [0.29, 0.717) is 17.0 Å². The SMILES string of the molecule is O=C1/C(=C/O)CCC/C1=C\c1ccc(Cl)cc1. The molecular weight excluding hydrogens is 236 g/mol. The molecule has 0 saturated heterocycles. The van der Waals surface area contributed by atoms with Crippen LogP contribution < -0.4 is 0 Å². The Labute approximate surface area is 105 Å². The number of halogens is 1. The number of ketones is 1. The van der Waals surface area contributed by atoms with Crippen LogP contribution in [-0.2, 0) is 4.79 Å². The van der Waals surface area contributed by atoms with Gasteiger partial charge < -0.3 is 5.11 Å². The second-order valence-electron chi connectivity index (χ2n) is 4.06. The summed E-state index contributed by atoms with van der Waals surface area (Å²) >= 11 is 5.80. The maximum absolute atomic E-state index is 11.9. The lowest BCUT2D eigenvalue weighted by molar-refractivity contribution is -0.113. The molecule has 0 atom stereocenters. The van der Waals surface area contributed by atoms with Crippen molar-refractivity contribution in [3.8, 4) is 0 Å². The smallest absolute Gasteiger partial charge is 0.188 e. The van der Waals surface area contributed by atoms with Crippen LogP contribution in [0, 0.1) is 0 Å². The van der Waals surface area contributed by atoms with Gasteiger partial charge in [0.15, 0.2) is 5.78 Å². The van der Waals surface area contributed by atoms with Crippen LogP contribution in [0.2, 0.25) is 5.02 Å². The predicted molar refractivity (Wildman–Crippen MR) is 69.0 cm³/mol. The zero-order valence-corrected chi connectivity index (χ0v) is 10.1. The van der Waals surface area contributed by atoms with Crippen molar-refractivity contribution in [2.24, 2.45) is 0 Å². The predicted octanol–water partition coefficient (Wildman–Crippen LogP) is 3.92. The molecule has 2 rings (SSSR count). The monoisotopic (exact) mass is 248 g/mol. The average Bonchev–Trinajstić information content (AvgIpc) is 2.35. The topological polar surface area (TPSA) is 37.3 Å². The number of Topliss-reactive ketones (excluding diaryl/α,β-unsaturated/α-hetero) is 1. The first kappa shape index (κ1) is 11.9. The first-order valence-electron chi connectivity index (χ1n) is 5.55. The van der Waals surface area contributed by atoms with Gasteiger partial charge in [0.05, 0.1) is 6.26 Å². The van der Waals surface area contributed by atoms with Gasteiger partial charge in [0.2, 0.25) is 0 Å². The van der Waals surface area contributed by atoms with E-state index < -0.39 is 0 Å². The van der Waals surface area contributed by atoms with Crippen molar-refractivity contribution in [3.05, 3.63) is 52.3 Å². The molecule has 0 aliphatic heterocycles. The van der Waals surface area contributed by atoms with Crippen LogP contribution in [-0.4, -0.2) is 10.9 Å². The Morgan fingerprint density at radius 2 is 1.76 bits per heavy atom. The molecule has 1 aliphatic rings. The van der Waals surface area contributed by atoms with Gasteiger partial charge in [0, 0.05) is 16.2 Å². The van der Waals surface area contributed by atoms with Gasteiger partial charge in [-0.2, -0.15) is 0 Å². The zero-order chi connectivity index (χ0) is 12.3. The molecule has 1 aromatic rings. The molecule has 17 heavy (non-hydrogen) atoms. The molecule has 1 aromatic carbocycles. The Balaban J connectivity index is 2.27. The van der Waals surface area contributed by atoms with Crippen molar-refractivity contribution in [2.45, 2.75) is 19.3 Å². The highest BCUT2D eigenvalue weighted by Crippen LogP contribution is 2.26. The van der Waals surface area contributed by atoms with Gasteiger partial charge >= 0.3 is 0 Å². The molecule has 0 amide bonds. The Hall–Kier alpha value is -1.54. The standard InChI is InChI=1S/C14H13ClO2/c15-13-6-4-10(5-7-13)8-11-2-1-3-12(9-16)14(11)17/h4-9,16H,1-3H2/b11-8+,12-9+. The van der Waals surface area contributed by atoms with E-state index in [1.807, 2.05) is 18.2 Å². The third-order valence-corrected chi connectivity index (χ3v) is 3.09. The van der Waals surface area contributed by atoms with E-state index in [4.69, 9.17) is 16.7 Å². The Morgan fingerprint density at radius 3 is 2.41 bits per heavy atom. The van der Waals surface area contributed by atoms with E-state index in [0.717, 1.165) is 30.2 Å². The summed E-state index contributed by atoms with van der Waals surface area (Å²) in [6, 6.07) is 7.34. The largest absolute Gasteiger partial charge is 0.515 e. The van der Waals surface area contributed by atoms with Crippen LogP contribution in [0.3, 0.4) is 0 Å². The molecular formula is C14H13ClO2. The number of hydrogen-bond donors (Lipinski definition) is 1. The Bertz CT molecular complexity index is 483. The molecule has 0 aromatic heterocycles. The fourth-order valence-electron chi connectivity index (χ4n) is 1.92. The van der Waals surface area contributed by atoms with Crippen LogP contribution in [0.1, 0.15) is 24.8 Å². The van der Waals surface area contributed by atoms with Gasteiger partial charge in [-0.1, -0.05) is 23.7 Å². The van der Waals surface area contributed by atoms with Crippen molar-refractivity contribution in [1.29, 1.82) is 0 Å². The first-order chi connectivity index (χ1) is 8.20. The van der Waals surface area contributed by atoms with Gasteiger partial charge in [-0.3, -0.25) is 4.79 Å². The van der Waals surface area contributed by atoms with Crippen LogP contribution >= 0.6 is 11.6 Å². The number of aliphatic hydroxyl groups excluding tert-OH is 1. The number of aliphatic hydroxyl groups is 1. The molecule has 1 N–H and O–H groups in total. The van der Waals surface area contributed by atoms with Crippen LogP contribution in [0.25, 0.3) is 6.08 Å².